The minimum atomic E-state index is -0.634. The number of hydrogen-bond acceptors (Lipinski definition) is 3. The fraction of sp³-hybridized carbons (Fsp3) is 0.316. The summed E-state index contributed by atoms with van der Waals surface area (Å²) in [6, 6.07) is 9.08. The van der Waals surface area contributed by atoms with E-state index in [1.807, 2.05) is 30.3 Å². The Kier molecular flexibility index (Phi) is 3.20. The van der Waals surface area contributed by atoms with E-state index in [1.54, 1.807) is 4.90 Å². The van der Waals surface area contributed by atoms with E-state index in [-0.39, 0.29) is 30.1 Å². The van der Waals surface area contributed by atoms with Gasteiger partial charge in [0.25, 0.3) is 5.91 Å². The Bertz CT molecular complexity index is 901. The van der Waals surface area contributed by atoms with Gasteiger partial charge in [0.05, 0.1) is 5.69 Å². The molecular weight excluding hydrogens is 304 g/mol. The SMILES string of the molecule is CC(C)c1ccc2cccc3c2c1N(C1CCC(=O)NC1=O)C3=O. The summed E-state index contributed by atoms with van der Waals surface area (Å²) in [5, 5.41) is 4.27. The quantitative estimate of drug-likeness (QED) is 0.865. The number of nitrogens with zero attached hydrogens (tertiary/aromatic N) is 1. The third kappa shape index (κ3) is 1.97. The number of nitrogens with one attached hydrogen (secondary N) is 1. The number of imide groups is 1. The van der Waals surface area contributed by atoms with Crippen molar-refractivity contribution in [2.45, 2.75) is 38.6 Å². The molecule has 2 aliphatic rings. The van der Waals surface area contributed by atoms with Gasteiger partial charge in [-0.3, -0.25) is 24.6 Å². The lowest BCUT2D eigenvalue weighted by molar-refractivity contribution is -0.134. The third-order valence-electron chi connectivity index (χ3n) is 4.88. The first-order valence-electron chi connectivity index (χ1n) is 8.22. The molecule has 2 aromatic rings. The molecule has 1 saturated heterocycles. The van der Waals surface area contributed by atoms with Gasteiger partial charge < -0.3 is 0 Å². The smallest absolute Gasteiger partial charge is 0.259 e. The Morgan fingerprint density at radius 2 is 1.92 bits per heavy atom. The molecule has 0 radical (unpaired) electrons. The van der Waals surface area contributed by atoms with Gasteiger partial charge in [-0.1, -0.05) is 38.1 Å². The second-order valence-electron chi connectivity index (χ2n) is 6.70. The molecule has 4 rings (SSSR count). The van der Waals surface area contributed by atoms with Crippen LogP contribution in [-0.2, 0) is 9.59 Å². The van der Waals surface area contributed by atoms with Crippen molar-refractivity contribution in [1.29, 1.82) is 0 Å². The summed E-state index contributed by atoms with van der Waals surface area (Å²) in [5.74, 6) is -0.598. The lowest BCUT2D eigenvalue weighted by atomic mass is 9.95. The normalized spacial score (nSPS) is 20.2. The van der Waals surface area contributed by atoms with Crippen LogP contribution in [0.15, 0.2) is 30.3 Å². The molecule has 1 N–H and O–H groups in total. The Hall–Kier alpha value is -2.69. The van der Waals surface area contributed by atoms with E-state index in [1.165, 1.54) is 0 Å². The first-order valence-corrected chi connectivity index (χ1v) is 8.22. The van der Waals surface area contributed by atoms with E-state index >= 15 is 0 Å². The van der Waals surface area contributed by atoms with E-state index in [0.29, 0.717) is 12.0 Å². The Balaban J connectivity index is 1.94. The molecule has 0 bridgehead atoms. The minimum absolute atomic E-state index is 0.154. The maximum atomic E-state index is 13.0. The van der Waals surface area contributed by atoms with Crippen molar-refractivity contribution in [3.8, 4) is 0 Å². The summed E-state index contributed by atoms with van der Waals surface area (Å²) in [6.45, 7) is 4.15. The molecule has 0 aromatic heterocycles. The van der Waals surface area contributed by atoms with Gasteiger partial charge in [0.1, 0.15) is 6.04 Å². The second kappa shape index (κ2) is 5.16. The van der Waals surface area contributed by atoms with E-state index < -0.39 is 6.04 Å². The summed E-state index contributed by atoms with van der Waals surface area (Å²) in [6.07, 6.45) is 0.613. The van der Waals surface area contributed by atoms with E-state index in [9.17, 15) is 14.4 Å². The number of carbonyl (C=O) groups is 3. The zero-order valence-corrected chi connectivity index (χ0v) is 13.6. The lowest BCUT2D eigenvalue weighted by Gasteiger charge is -2.32. The van der Waals surface area contributed by atoms with Gasteiger partial charge in [-0.15, -0.1) is 0 Å². The molecule has 0 saturated carbocycles. The topological polar surface area (TPSA) is 66.5 Å². The molecule has 3 amide bonds. The van der Waals surface area contributed by atoms with Crippen LogP contribution in [-0.4, -0.2) is 23.8 Å². The number of anilines is 1. The van der Waals surface area contributed by atoms with Crippen molar-refractivity contribution in [3.63, 3.8) is 0 Å². The van der Waals surface area contributed by atoms with Crippen LogP contribution in [0.1, 0.15) is 48.5 Å². The minimum Gasteiger partial charge on any atom is -0.295 e. The number of piperidine rings is 1. The van der Waals surface area contributed by atoms with Gasteiger partial charge in [0.15, 0.2) is 0 Å². The van der Waals surface area contributed by atoms with Crippen LogP contribution in [0.5, 0.6) is 0 Å². The van der Waals surface area contributed by atoms with Crippen LogP contribution in [0.4, 0.5) is 5.69 Å². The van der Waals surface area contributed by atoms with Crippen molar-refractivity contribution in [2.75, 3.05) is 4.90 Å². The maximum Gasteiger partial charge on any atom is 0.259 e. The van der Waals surface area contributed by atoms with Crippen molar-refractivity contribution < 1.29 is 14.4 Å². The highest BCUT2D eigenvalue weighted by atomic mass is 16.2. The maximum absolute atomic E-state index is 13.0. The fourth-order valence-corrected chi connectivity index (χ4v) is 3.74. The molecule has 2 heterocycles. The number of benzene rings is 2. The summed E-state index contributed by atoms with van der Waals surface area (Å²) >= 11 is 0. The van der Waals surface area contributed by atoms with Crippen molar-refractivity contribution in [2.24, 2.45) is 0 Å². The zero-order valence-electron chi connectivity index (χ0n) is 13.6. The van der Waals surface area contributed by atoms with Crippen molar-refractivity contribution >= 4 is 34.2 Å². The van der Waals surface area contributed by atoms with Gasteiger partial charge in [-0.2, -0.15) is 0 Å². The lowest BCUT2D eigenvalue weighted by Crippen LogP contribution is -2.53. The van der Waals surface area contributed by atoms with E-state index in [2.05, 4.69) is 19.2 Å². The molecule has 2 aliphatic heterocycles. The number of amides is 3. The van der Waals surface area contributed by atoms with Gasteiger partial charge in [0.2, 0.25) is 11.8 Å². The Morgan fingerprint density at radius 1 is 1.12 bits per heavy atom. The largest absolute Gasteiger partial charge is 0.295 e. The van der Waals surface area contributed by atoms with Crippen LogP contribution in [0.2, 0.25) is 0 Å². The van der Waals surface area contributed by atoms with Crippen molar-refractivity contribution in [1.82, 2.24) is 5.32 Å². The molecule has 0 aliphatic carbocycles. The first kappa shape index (κ1) is 14.9. The highest BCUT2D eigenvalue weighted by Crippen LogP contribution is 2.44. The average molecular weight is 322 g/mol. The van der Waals surface area contributed by atoms with Gasteiger partial charge in [-0.25, -0.2) is 0 Å². The van der Waals surface area contributed by atoms with Crippen LogP contribution in [0.3, 0.4) is 0 Å². The van der Waals surface area contributed by atoms with Gasteiger partial charge in [-0.05, 0) is 29.4 Å². The number of carbonyl (C=O) groups excluding carboxylic acids is 3. The number of hydrogen-bond donors (Lipinski definition) is 1. The van der Waals surface area contributed by atoms with Crippen molar-refractivity contribution in [3.05, 3.63) is 41.5 Å². The highest BCUT2D eigenvalue weighted by Gasteiger charge is 2.41. The average Bonchev–Trinajstić information content (AvgIpc) is 2.83. The van der Waals surface area contributed by atoms with Crippen LogP contribution >= 0.6 is 0 Å². The molecule has 1 fully saturated rings. The molecule has 2 aromatic carbocycles. The summed E-state index contributed by atoms with van der Waals surface area (Å²) in [7, 11) is 0. The summed E-state index contributed by atoms with van der Waals surface area (Å²) in [5.41, 5.74) is 2.51. The fourth-order valence-electron chi connectivity index (χ4n) is 3.74. The Labute approximate surface area is 139 Å². The molecule has 122 valence electrons. The Morgan fingerprint density at radius 3 is 2.62 bits per heavy atom. The third-order valence-corrected chi connectivity index (χ3v) is 4.88. The number of rotatable bonds is 2. The molecule has 1 unspecified atom stereocenters. The van der Waals surface area contributed by atoms with E-state index in [0.717, 1.165) is 22.0 Å². The summed E-state index contributed by atoms with van der Waals surface area (Å²) < 4.78 is 0. The van der Waals surface area contributed by atoms with Crippen LogP contribution < -0.4 is 10.2 Å². The standard InChI is InChI=1S/C19H18N2O3/c1-10(2)12-7-6-11-4-3-5-13-16(11)17(12)21(19(13)24)14-8-9-15(22)20-18(14)23/h3-7,10,14H,8-9H2,1-2H3,(H,20,22,23). The zero-order chi connectivity index (χ0) is 17.0. The predicted molar refractivity (Wildman–Crippen MR) is 91.0 cm³/mol. The van der Waals surface area contributed by atoms with Gasteiger partial charge in [0, 0.05) is 17.4 Å². The molecule has 5 heteroatoms. The first-order chi connectivity index (χ1) is 11.5. The highest BCUT2D eigenvalue weighted by molar-refractivity contribution is 6.27. The summed E-state index contributed by atoms with van der Waals surface area (Å²) in [4.78, 5) is 38.5. The van der Waals surface area contributed by atoms with Gasteiger partial charge >= 0.3 is 0 Å². The second-order valence-corrected chi connectivity index (χ2v) is 6.70. The molecule has 5 nitrogen and oxygen atoms in total. The molecule has 24 heavy (non-hydrogen) atoms. The monoisotopic (exact) mass is 322 g/mol. The molecular formula is C19H18N2O3. The molecule has 1 atom stereocenters. The van der Waals surface area contributed by atoms with E-state index in [4.69, 9.17) is 0 Å². The van der Waals surface area contributed by atoms with Crippen LogP contribution in [0.25, 0.3) is 10.8 Å². The van der Waals surface area contributed by atoms with Crippen LogP contribution in [0, 0.1) is 0 Å². The predicted octanol–water partition coefficient (Wildman–Crippen LogP) is 2.73. The molecule has 0 spiro atoms.